The maximum atomic E-state index is 12.5. The smallest absolute Gasteiger partial charge is 0.410 e. The zero-order valence-corrected chi connectivity index (χ0v) is 17.2. The minimum atomic E-state index is -0.298. The van der Waals surface area contributed by atoms with Crippen molar-refractivity contribution in [3.8, 4) is 0 Å². The fraction of sp³-hybridized carbons (Fsp3) is 0.550. The Morgan fingerprint density at radius 2 is 1.79 bits per heavy atom. The van der Waals surface area contributed by atoms with Gasteiger partial charge in [0.15, 0.2) is 6.54 Å². The zero-order chi connectivity index (χ0) is 20.7. The highest BCUT2D eigenvalue weighted by molar-refractivity contribution is 5.95. The van der Waals surface area contributed by atoms with Gasteiger partial charge in [-0.05, 0) is 31.9 Å². The van der Waals surface area contributed by atoms with Crippen LogP contribution in [0, 0.1) is 13.8 Å². The van der Waals surface area contributed by atoms with Crippen molar-refractivity contribution in [2.75, 3.05) is 58.2 Å². The fourth-order valence-corrected chi connectivity index (χ4v) is 3.24. The summed E-state index contributed by atoms with van der Waals surface area (Å²) in [6.07, 6.45) is -0.298. The van der Waals surface area contributed by atoms with Gasteiger partial charge in [0, 0.05) is 12.7 Å². The summed E-state index contributed by atoms with van der Waals surface area (Å²) in [6, 6.07) is 5.83. The van der Waals surface area contributed by atoms with Gasteiger partial charge in [-0.15, -0.1) is 0 Å². The molecule has 0 spiro atoms. The third kappa shape index (κ3) is 5.95. The zero-order valence-electron chi connectivity index (χ0n) is 17.2. The van der Waals surface area contributed by atoms with E-state index in [-0.39, 0.29) is 24.5 Å². The van der Waals surface area contributed by atoms with Gasteiger partial charge >= 0.3 is 6.09 Å². The number of quaternary nitrogens is 1. The van der Waals surface area contributed by atoms with Crippen LogP contribution in [0.1, 0.15) is 18.1 Å². The lowest BCUT2D eigenvalue weighted by Crippen LogP contribution is -3.15. The molecule has 1 saturated heterocycles. The third-order valence-corrected chi connectivity index (χ3v) is 4.95. The Morgan fingerprint density at radius 1 is 1.18 bits per heavy atom. The number of carbonyl (C=O) groups excluding carboxylic acids is 3. The van der Waals surface area contributed by atoms with Crippen LogP contribution in [0.25, 0.3) is 0 Å². The number of benzene rings is 1. The van der Waals surface area contributed by atoms with E-state index in [0.29, 0.717) is 39.3 Å². The van der Waals surface area contributed by atoms with Gasteiger partial charge < -0.3 is 19.9 Å². The summed E-state index contributed by atoms with van der Waals surface area (Å²) in [6.45, 7) is 8.85. The molecule has 28 heavy (non-hydrogen) atoms. The summed E-state index contributed by atoms with van der Waals surface area (Å²) in [5.74, 6) is -0.299. The molecular weight excluding hydrogens is 360 g/mol. The number of para-hydroxylation sites is 1. The van der Waals surface area contributed by atoms with Crippen LogP contribution in [-0.2, 0) is 14.3 Å². The maximum absolute atomic E-state index is 12.5. The van der Waals surface area contributed by atoms with Crippen molar-refractivity contribution < 1.29 is 24.0 Å². The maximum Gasteiger partial charge on any atom is 0.410 e. The van der Waals surface area contributed by atoms with Crippen molar-refractivity contribution >= 4 is 23.6 Å². The molecule has 1 aromatic rings. The van der Waals surface area contributed by atoms with Crippen LogP contribution >= 0.6 is 0 Å². The van der Waals surface area contributed by atoms with Crippen LogP contribution in [0.3, 0.4) is 0 Å². The second kappa shape index (κ2) is 10.1. The van der Waals surface area contributed by atoms with Gasteiger partial charge in [-0.1, -0.05) is 18.2 Å². The van der Waals surface area contributed by atoms with Crippen molar-refractivity contribution in [3.05, 3.63) is 29.3 Å². The largest absolute Gasteiger partial charge is 0.450 e. The molecule has 154 valence electrons. The first-order chi connectivity index (χ1) is 13.3. The van der Waals surface area contributed by atoms with E-state index < -0.39 is 0 Å². The molecular formula is C20H31N4O4+. The van der Waals surface area contributed by atoms with E-state index in [9.17, 15) is 14.4 Å². The predicted molar refractivity (Wildman–Crippen MR) is 106 cm³/mol. The normalized spacial score (nSPS) is 14.5. The molecule has 1 aromatic carbocycles. The van der Waals surface area contributed by atoms with Crippen molar-refractivity contribution in [2.24, 2.45) is 0 Å². The summed E-state index contributed by atoms with van der Waals surface area (Å²) in [4.78, 5) is 40.8. The molecule has 8 nitrogen and oxygen atoms in total. The molecule has 0 aliphatic carbocycles. The molecule has 1 fully saturated rings. The van der Waals surface area contributed by atoms with E-state index in [1.807, 2.05) is 32.0 Å². The average molecular weight is 391 g/mol. The molecule has 2 N–H and O–H groups in total. The second-order valence-electron chi connectivity index (χ2n) is 7.18. The Hall–Kier alpha value is -2.61. The molecule has 0 radical (unpaired) electrons. The molecule has 8 heteroatoms. The van der Waals surface area contributed by atoms with Crippen molar-refractivity contribution in [1.82, 2.24) is 9.80 Å². The van der Waals surface area contributed by atoms with Gasteiger partial charge in [0.25, 0.3) is 5.91 Å². The van der Waals surface area contributed by atoms with E-state index in [0.717, 1.165) is 21.7 Å². The summed E-state index contributed by atoms with van der Waals surface area (Å²) in [7, 11) is 1.64. The highest BCUT2D eigenvalue weighted by atomic mass is 16.6. The van der Waals surface area contributed by atoms with Gasteiger partial charge in [-0.3, -0.25) is 14.5 Å². The van der Waals surface area contributed by atoms with Crippen LogP contribution < -0.4 is 10.2 Å². The van der Waals surface area contributed by atoms with Crippen LogP contribution in [0.5, 0.6) is 0 Å². The SMILES string of the molecule is CCOC(=O)N1CC[NH+](CC(=O)N(C)CC(=O)Nc2c(C)cccc2C)CC1. The van der Waals surface area contributed by atoms with E-state index >= 15 is 0 Å². The number of ether oxygens (including phenoxy) is 1. The standard InChI is InChI=1S/C20H30N4O4/c1-5-28-20(27)24-11-9-23(10-12-24)14-18(26)22(4)13-17(25)21-19-15(2)7-6-8-16(19)3/h6-8H,5,9-14H2,1-4H3,(H,21,25)/p+1. The lowest BCUT2D eigenvalue weighted by Gasteiger charge is -2.31. The highest BCUT2D eigenvalue weighted by Gasteiger charge is 2.27. The molecule has 1 aliphatic heterocycles. The fourth-order valence-electron chi connectivity index (χ4n) is 3.24. The number of rotatable bonds is 6. The number of carbonyl (C=O) groups is 3. The second-order valence-corrected chi connectivity index (χ2v) is 7.18. The van der Waals surface area contributed by atoms with E-state index in [4.69, 9.17) is 4.74 Å². The lowest BCUT2D eigenvalue weighted by molar-refractivity contribution is -0.896. The molecule has 0 saturated carbocycles. The lowest BCUT2D eigenvalue weighted by atomic mass is 10.1. The summed E-state index contributed by atoms with van der Waals surface area (Å²) >= 11 is 0. The van der Waals surface area contributed by atoms with Crippen molar-refractivity contribution in [3.63, 3.8) is 0 Å². The number of hydrogen-bond donors (Lipinski definition) is 2. The van der Waals surface area contributed by atoms with Crippen LogP contribution in [-0.4, -0.2) is 80.6 Å². The first-order valence-electron chi connectivity index (χ1n) is 9.67. The first kappa shape index (κ1) is 21.7. The summed E-state index contributed by atoms with van der Waals surface area (Å²) in [5.41, 5.74) is 2.78. The number of likely N-dealkylation sites (N-methyl/N-ethyl adjacent to an activating group) is 1. The number of nitrogens with zero attached hydrogens (tertiary/aromatic N) is 2. The number of hydrogen-bond acceptors (Lipinski definition) is 4. The number of aryl methyl sites for hydroxylation is 2. The Labute approximate surface area is 166 Å². The van der Waals surface area contributed by atoms with Gasteiger partial charge in [-0.2, -0.15) is 0 Å². The van der Waals surface area contributed by atoms with Crippen LogP contribution in [0.2, 0.25) is 0 Å². The predicted octanol–water partition coefficient (Wildman–Crippen LogP) is 0.0573. The molecule has 0 atom stereocenters. The molecule has 0 bridgehead atoms. The van der Waals surface area contributed by atoms with Crippen LogP contribution in [0.4, 0.5) is 10.5 Å². The number of nitrogens with one attached hydrogen (secondary N) is 2. The molecule has 2 rings (SSSR count). The molecule has 1 aliphatic rings. The molecule has 3 amide bonds. The van der Waals surface area contributed by atoms with Gasteiger partial charge in [0.2, 0.25) is 5.91 Å². The summed E-state index contributed by atoms with van der Waals surface area (Å²) in [5, 5.41) is 2.90. The molecule has 0 aromatic heterocycles. The minimum Gasteiger partial charge on any atom is -0.450 e. The topological polar surface area (TPSA) is 83.4 Å². The number of piperazine rings is 1. The Morgan fingerprint density at radius 3 is 2.36 bits per heavy atom. The third-order valence-electron chi connectivity index (χ3n) is 4.95. The number of amides is 3. The molecule has 0 unspecified atom stereocenters. The van der Waals surface area contributed by atoms with Gasteiger partial charge in [0.1, 0.15) is 0 Å². The minimum absolute atomic E-state index is 0.00877. The van der Waals surface area contributed by atoms with E-state index in [1.54, 1.807) is 18.9 Å². The quantitative estimate of drug-likeness (QED) is 0.718. The highest BCUT2D eigenvalue weighted by Crippen LogP contribution is 2.19. The Kier molecular flexibility index (Phi) is 7.80. The Bertz CT molecular complexity index is 694. The number of anilines is 1. The monoisotopic (exact) mass is 391 g/mol. The van der Waals surface area contributed by atoms with E-state index in [2.05, 4.69) is 5.32 Å². The van der Waals surface area contributed by atoms with Gasteiger partial charge in [0.05, 0.1) is 39.3 Å². The average Bonchev–Trinajstić information content (AvgIpc) is 2.65. The molecule has 1 heterocycles. The van der Waals surface area contributed by atoms with E-state index in [1.165, 1.54) is 4.90 Å². The Balaban J connectivity index is 1.78. The van der Waals surface area contributed by atoms with Crippen molar-refractivity contribution in [1.29, 1.82) is 0 Å². The summed E-state index contributed by atoms with van der Waals surface area (Å²) < 4.78 is 5.00. The van der Waals surface area contributed by atoms with Crippen molar-refractivity contribution in [2.45, 2.75) is 20.8 Å². The van der Waals surface area contributed by atoms with Gasteiger partial charge in [-0.25, -0.2) is 4.79 Å². The van der Waals surface area contributed by atoms with Crippen LogP contribution in [0.15, 0.2) is 18.2 Å². The first-order valence-corrected chi connectivity index (χ1v) is 9.67.